The third kappa shape index (κ3) is 3.01. The Morgan fingerprint density at radius 1 is 1.27 bits per heavy atom. The molecule has 0 fully saturated rings. The molecular weight excluding hydrogens is 348 g/mol. The summed E-state index contributed by atoms with van der Waals surface area (Å²) in [4.78, 5) is 12.1. The molecule has 1 aliphatic rings. The molecule has 1 unspecified atom stereocenters. The Morgan fingerprint density at radius 3 is 2.85 bits per heavy atom. The Balaban J connectivity index is 1.75. The van der Waals surface area contributed by atoms with E-state index in [1.165, 1.54) is 6.26 Å². The number of nitrogens with zero attached hydrogens (tertiary/aromatic N) is 2. The molecule has 132 valence electrons. The summed E-state index contributed by atoms with van der Waals surface area (Å²) in [7, 11) is -3.15. The Bertz CT molecular complexity index is 1130. The number of anilines is 1. The van der Waals surface area contributed by atoms with Crippen LogP contribution in [0.15, 0.2) is 54.8 Å². The molecule has 0 amide bonds. The zero-order valence-corrected chi connectivity index (χ0v) is 15.0. The van der Waals surface area contributed by atoms with Crippen molar-refractivity contribution in [2.45, 2.75) is 11.7 Å². The van der Waals surface area contributed by atoms with Crippen molar-refractivity contribution in [2.75, 3.05) is 12.0 Å². The summed E-state index contributed by atoms with van der Waals surface area (Å²) in [6.45, 7) is 0. The van der Waals surface area contributed by atoms with E-state index in [0.717, 1.165) is 22.2 Å². The quantitative estimate of drug-likeness (QED) is 0.742. The van der Waals surface area contributed by atoms with Crippen molar-refractivity contribution in [2.24, 2.45) is 0 Å². The highest BCUT2D eigenvalue weighted by molar-refractivity contribution is 7.91. The average molecular weight is 366 g/mol. The number of hydrogen-bond acceptors (Lipinski definition) is 5. The Hall–Kier alpha value is -2.93. The molecule has 0 saturated heterocycles. The zero-order valence-electron chi connectivity index (χ0n) is 14.2. The first-order chi connectivity index (χ1) is 12.4. The van der Waals surface area contributed by atoms with Gasteiger partial charge in [0.2, 0.25) is 0 Å². The summed E-state index contributed by atoms with van der Waals surface area (Å²) in [6.07, 6.45) is 8.75. The van der Waals surface area contributed by atoms with Crippen LogP contribution in [-0.2, 0) is 9.84 Å². The van der Waals surface area contributed by atoms with Crippen LogP contribution in [0.1, 0.15) is 12.0 Å². The van der Waals surface area contributed by atoms with Gasteiger partial charge in [0.05, 0.1) is 21.8 Å². The van der Waals surface area contributed by atoms with Gasteiger partial charge in [-0.05, 0) is 35.8 Å². The Labute approximate surface area is 151 Å². The average Bonchev–Trinajstić information content (AvgIpc) is 3.05. The van der Waals surface area contributed by atoms with Gasteiger partial charge in [0.15, 0.2) is 9.84 Å². The number of aromatic nitrogens is 3. The predicted octanol–water partition coefficient (Wildman–Crippen LogP) is 2.96. The second-order valence-electron chi connectivity index (χ2n) is 6.41. The van der Waals surface area contributed by atoms with Crippen molar-refractivity contribution in [3.05, 3.63) is 60.3 Å². The number of benzene rings is 1. The first kappa shape index (κ1) is 16.5. The van der Waals surface area contributed by atoms with Crippen molar-refractivity contribution in [1.29, 1.82) is 0 Å². The molecule has 0 spiro atoms. The van der Waals surface area contributed by atoms with Crippen LogP contribution in [0.4, 0.5) is 5.82 Å². The van der Waals surface area contributed by atoms with Crippen LogP contribution in [0.2, 0.25) is 0 Å². The number of allylic oxidation sites excluding steroid dienone is 3. The van der Waals surface area contributed by atoms with Gasteiger partial charge in [0, 0.05) is 12.5 Å². The molecule has 4 rings (SSSR count). The number of nitrogens with two attached hydrogens (primary N) is 1. The van der Waals surface area contributed by atoms with Crippen LogP contribution in [0, 0.1) is 0 Å². The van der Waals surface area contributed by atoms with Gasteiger partial charge in [0.1, 0.15) is 11.6 Å². The van der Waals surface area contributed by atoms with E-state index in [9.17, 15) is 8.42 Å². The number of pyridine rings is 1. The predicted molar refractivity (Wildman–Crippen MR) is 104 cm³/mol. The SMILES string of the molecule is CS(=O)(=O)C1C=CC=C(c2cnc(N)c(-c3nc4ccccc4[nH]3)c2)C1. The number of H-pyrrole nitrogens is 1. The van der Waals surface area contributed by atoms with Crippen molar-refractivity contribution in [1.82, 2.24) is 15.0 Å². The fourth-order valence-corrected chi connectivity index (χ4v) is 3.94. The first-order valence-corrected chi connectivity index (χ1v) is 10.1. The number of aromatic amines is 1. The standard InChI is InChI=1S/C19H18N4O2S/c1-26(24,25)14-6-4-5-12(9-14)13-10-15(18(20)21-11-13)19-22-16-7-2-3-8-17(16)23-19/h2-8,10-11,14H,9H2,1H3,(H2,20,21)(H,22,23). The van der Waals surface area contributed by atoms with Gasteiger partial charge in [-0.3, -0.25) is 0 Å². The van der Waals surface area contributed by atoms with Crippen LogP contribution in [0.25, 0.3) is 28.0 Å². The third-order valence-corrected chi connectivity index (χ3v) is 5.95. The molecule has 6 nitrogen and oxygen atoms in total. The lowest BCUT2D eigenvalue weighted by molar-refractivity contribution is 0.594. The summed E-state index contributed by atoms with van der Waals surface area (Å²) in [6, 6.07) is 9.64. The van der Waals surface area contributed by atoms with E-state index in [4.69, 9.17) is 5.73 Å². The minimum atomic E-state index is -3.15. The molecule has 7 heteroatoms. The highest BCUT2D eigenvalue weighted by atomic mass is 32.2. The monoisotopic (exact) mass is 366 g/mol. The molecule has 0 saturated carbocycles. The maximum absolute atomic E-state index is 11.9. The van der Waals surface area contributed by atoms with E-state index in [2.05, 4.69) is 15.0 Å². The van der Waals surface area contributed by atoms with E-state index in [-0.39, 0.29) is 0 Å². The van der Waals surface area contributed by atoms with Crippen molar-refractivity contribution >= 4 is 32.3 Å². The van der Waals surface area contributed by atoms with Gasteiger partial charge in [0.25, 0.3) is 0 Å². The zero-order chi connectivity index (χ0) is 18.3. The molecule has 3 N–H and O–H groups in total. The van der Waals surface area contributed by atoms with Crippen LogP contribution >= 0.6 is 0 Å². The normalized spacial score (nSPS) is 17.4. The van der Waals surface area contributed by atoms with Crippen LogP contribution in [0.5, 0.6) is 0 Å². The molecule has 3 aromatic rings. The number of nitrogens with one attached hydrogen (secondary N) is 1. The van der Waals surface area contributed by atoms with E-state index in [1.54, 1.807) is 18.3 Å². The number of nitrogen functional groups attached to an aromatic ring is 1. The summed E-state index contributed by atoms with van der Waals surface area (Å²) in [5.41, 5.74) is 10.3. The summed E-state index contributed by atoms with van der Waals surface area (Å²) in [5.74, 6) is 1.02. The molecule has 0 aliphatic heterocycles. The second-order valence-corrected chi connectivity index (χ2v) is 8.67. The van der Waals surface area contributed by atoms with Crippen LogP contribution in [-0.4, -0.2) is 34.9 Å². The number of imidazole rings is 1. The maximum Gasteiger partial charge on any atom is 0.154 e. The van der Waals surface area contributed by atoms with Crippen LogP contribution < -0.4 is 5.73 Å². The molecule has 2 heterocycles. The Kier molecular flexibility index (Phi) is 3.88. The van der Waals surface area contributed by atoms with Crippen molar-refractivity contribution in [3.63, 3.8) is 0 Å². The topological polar surface area (TPSA) is 102 Å². The summed E-state index contributed by atoms with van der Waals surface area (Å²) in [5, 5.41) is -0.519. The molecule has 0 bridgehead atoms. The lowest BCUT2D eigenvalue weighted by Gasteiger charge is -2.17. The molecule has 2 aromatic heterocycles. The van der Waals surface area contributed by atoms with Gasteiger partial charge in [-0.25, -0.2) is 18.4 Å². The molecule has 26 heavy (non-hydrogen) atoms. The molecule has 1 aliphatic carbocycles. The minimum Gasteiger partial charge on any atom is -0.383 e. The molecule has 0 radical (unpaired) electrons. The second kappa shape index (κ2) is 6.10. The molecule has 1 atom stereocenters. The minimum absolute atomic E-state index is 0.374. The summed E-state index contributed by atoms with van der Waals surface area (Å²) >= 11 is 0. The fraction of sp³-hybridized carbons (Fsp3) is 0.158. The lowest BCUT2D eigenvalue weighted by Crippen LogP contribution is -2.19. The lowest BCUT2D eigenvalue weighted by atomic mass is 9.97. The summed E-state index contributed by atoms with van der Waals surface area (Å²) < 4.78 is 23.8. The van der Waals surface area contributed by atoms with Gasteiger partial charge >= 0.3 is 0 Å². The number of sulfone groups is 1. The van der Waals surface area contributed by atoms with Gasteiger partial charge in [-0.1, -0.05) is 30.4 Å². The number of fused-ring (bicyclic) bond motifs is 1. The van der Waals surface area contributed by atoms with Gasteiger partial charge in [-0.15, -0.1) is 0 Å². The maximum atomic E-state index is 11.9. The third-order valence-electron chi connectivity index (χ3n) is 4.53. The smallest absolute Gasteiger partial charge is 0.154 e. The van der Waals surface area contributed by atoms with E-state index in [0.29, 0.717) is 23.6 Å². The highest BCUT2D eigenvalue weighted by Gasteiger charge is 2.22. The number of para-hydroxylation sites is 2. The van der Waals surface area contributed by atoms with E-state index < -0.39 is 15.1 Å². The van der Waals surface area contributed by atoms with Crippen molar-refractivity contribution in [3.8, 4) is 11.4 Å². The van der Waals surface area contributed by atoms with E-state index in [1.807, 2.05) is 36.4 Å². The largest absolute Gasteiger partial charge is 0.383 e. The van der Waals surface area contributed by atoms with Gasteiger partial charge in [-0.2, -0.15) is 0 Å². The Morgan fingerprint density at radius 2 is 2.08 bits per heavy atom. The van der Waals surface area contributed by atoms with Gasteiger partial charge < -0.3 is 10.7 Å². The number of hydrogen-bond donors (Lipinski definition) is 2. The van der Waals surface area contributed by atoms with Crippen molar-refractivity contribution < 1.29 is 8.42 Å². The number of rotatable bonds is 3. The van der Waals surface area contributed by atoms with Crippen LogP contribution in [0.3, 0.4) is 0 Å². The van der Waals surface area contributed by atoms with E-state index >= 15 is 0 Å². The first-order valence-electron chi connectivity index (χ1n) is 8.19. The molecular formula is C19H18N4O2S. The molecule has 1 aromatic carbocycles. The highest BCUT2D eigenvalue weighted by Crippen LogP contribution is 2.31. The fourth-order valence-electron chi connectivity index (χ4n) is 3.08.